The Morgan fingerprint density at radius 3 is 0.743 bits per heavy atom. The van der Waals surface area contributed by atoms with E-state index in [1.165, 1.54) is 32.1 Å². The molecule has 0 aliphatic rings. The lowest BCUT2D eigenvalue weighted by atomic mass is 9.63. The van der Waals surface area contributed by atoms with Gasteiger partial charge in [-0.05, 0) is 40.9 Å². The van der Waals surface area contributed by atoms with Crippen molar-refractivity contribution in [3.8, 4) is 0 Å². The average Bonchev–Trinajstić information content (AvgIpc) is 2.70. The molecule has 35 heavy (non-hydrogen) atoms. The molecule has 0 N–H and O–H groups in total. The molecule has 4 nitrogen and oxygen atoms in total. The lowest BCUT2D eigenvalue weighted by Crippen LogP contribution is -2.31. The third-order valence-corrected chi connectivity index (χ3v) is 6.20. The van der Waals surface area contributed by atoms with Gasteiger partial charge in [-0.2, -0.15) is 0 Å². The predicted octanol–water partition coefficient (Wildman–Crippen LogP) is 8.51. The van der Waals surface area contributed by atoms with Gasteiger partial charge < -0.3 is 17.7 Å². The maximum Gasteiger partial charge on any atom is 0.303 e. The fourth-order valence-electron chi connectivity index (χ4n) is 4.50. The highest BCUT2D eigenvalue weighted by molar-refractivity contribution is 6.17. The van der Waals surface area contributed by atoms with Crippen LogP contribution in [0.4, 0.5) is 0 Å². The molecule has 0 atom stereocenters. The monoisotopic (exact) mass is 540 g/mol. The van der Waals surface area contributed by atoms with Crippen LogP contribution in [0.2, 0.25) is 0 Å². The van der Waals surface area contributed by atoms with Crippen LogP contribution in [-0.4, -0.2) is 48.5 Å². The summed E-state index contributed by atoms with van der Waals surface area (Å²) in [5.41, 5.74) is 1.82. The minimum Gasteiger partial charge on any atom is -0.402 e. The second kappa shape index (κ2) is 30.0. The van der Waals surface area contributed by atoms with Crippen molar-refractivity contribution in [3.05, 3.63) is 26.3 Å². The highest BCUT2D eigenvalue weighted by Crippen LogP contribution is 2.47. The van der Waals surface area contributed by atoms with Gasteiger partial charge in [-0.1, -0.05) is 96.9 Å². The number of hydrogen-bond acceptors (Lipinski definition) is 4. The zero-order chi connectivity index (χ0) is 27.8. The summed E-state index contributed by atoms with van der Waals surface area (Å²) >= 11 is 0. The van der Waals surface area contributed by atoms with E-state index in [0.717, 1.165) is 0 Å². The number of rotatable bonds is 12. The molecule has 220 valence electrons. The standard InChI is InChI=1S/C19H40.2C2H8O2Si.2C2H4.2CH4/c1-11-16(3,4)13-18(7,8)15-19(9,10)14-17(5,6)12-2;2*1-3-5-4-2;2*1-2;;/h11-15H2,1-10H3;2*5H2,1-2H3;2*1-2H2;2*1H4. The van der Waals surface area contributed by atoms with E-state index in [9.17, 15) is 0 Å². The van der Waals surface area contributed by atoms with Crippen molar-refractivity contribution in [2.75, 3.05) is 28.4 Å². The molecule has 0 aliphatic carbocycles. The molecule has 6 heteroatoms. The van der Waals surface area contributed by atoms with E-state index < -0.39 is 20.0 Å². The van der Waals surface area contributed by atoms with Crippen LogP contribution >= 0.6 is 0 Å². The van der Waals surface area contributed by atoms with Crippen molar-refractivity contribution >= 4 is 20.0 Å². The number of hydrogen-bond donors (Lipinski definition) is 0. The van der Waals surface area contributed by atoms with E-state index in [-0.39, 0.29) is 14.9 Å². The van der Waals surface area contributed by atoms with Crippen molar-refractivity contribution in [3.63, 3.8) is 0 Å². The SMILES string of the molecule is C.C.C=C.C=C.CCC(C)(C)CC(C)(C)CC(C)(C)CC(C)(C)CC.CO[SiH2]OC.CO[SiH2]OC. The van der Waals surface area contributed by atoms with E-state index in [2.05, 4.69) is 113 Å². The van der Waals surface area contributed by atoms with Gasteiger partial charge >= 0.3 is 20.0 Å². The van der Waals surface area contributed by atoms with Crippen LogP contribution in [0.25, 0.3) is 0 Å². The van der Waals surface area contributed by atoms with Gasteiger partial charge in [0.15, 0.2) is 0 Å². The third-order valence-electron chi connectivity index (χ3n) is 5.26. The Morgan fingerprint density at radius 2 is 0.629 bits per heavy atom. The Bertz CT molecular complexity index is 358. The summed E-state index contributed by atoms with van der Waals surface area (Å²) in [5, 5.41) is 0. The van der Waals surface area contributed by atoms with E-state index in [1.807, 2.05) is 0 Å². The molecule has 0 bridgehead atoms. The van der Waals surface area contributed by atoms with Gasteiger partial charge in [0.25, 0.3) is 0 Å². The molecule has 0 aromatic rings. The van der Waals surface area contributed by atoms with E-state index in [4.69, 9.17) is 0 Å². The Balaban J connectivity index is -0.0000000813. The Labute approximate surface area is 230 Å². The molecule has 0 aromatic carbocycles. The molecule has 0 unspecified atom stereocenters. The summed E-state index contributed by atoms with van der Waals surface area (Å²) in [7, 11) is 5.46. The first-order valence-corrected chi connectivity index (χ1v) is 14.3. The van der Waals surface area contributed by atoms with Crippen LogP contribution in [-0.2, 0) is 17.7 Å². The molecule has 0 spiro atoms. The molecule has 0 fully saturated rings. The molecule has 0 saturated carbocycles. The van der Waals surface area contributed by atoms with Gasteiger partial charge in [0.2, 0.25) is 0 Å². The van der Waals surface area contributed by atoms with Gasteiger partial charge in [-0.25, -0.2) is 0 Å². The van der Waals surface area contributed by atoms with Crippen LogP contribution in [0.3, 0.4) is 0 Å². The summed E-state index contributed by atoms with van der Waals surface area (Å²) in [6, 6.07) is 0. The lowest BCUT2D eigenvalue weighted by molar-refractivity contribution is 0.0868. The molecule has 0 rings (SSSR count). The Kier molecular flexibility index (Phi) is 44.0. The van der Waals surface area contributed by atoms with Gasteiger partial charge in [-0.3, -0.25) is 0 Å². The minimum absolute atomic E-state index is 0. The normalized spacial score (nSPS) is 10.7. The molecule has 0 heterocycles. The summed E-state index contributed by atoms with van der Waals surface area (Å²) in [6.45, 7) is 36.2. The first-order valence-electron chi connectivity index (χ1n) is 12.0. The molecular weight excluding hydrogens is 468 g/mol. The van der Waals surface area contributed by atoms with Gasteiger partial charge in [0.1, 0.15) is 0 Å². The molecule has 0 amide bonds. The smallest absolute Gasteiger partial charge is 0.303 e. The lowest BCUT2D eigenvalue weighted by Gasteiger charge is -2.42. The second-order valence-corrected chi connectivity index (χ2v) is 14.1. The summed E-state index contributed by atoms with van der Waals surface area (Å²) in [5.74, 6) is 0. The van der Waals surface area contributed by atoms with Crippen molar-refractivity contribution in [2.24, 2.45) is 21.7 Å². The molecular formula is C29H72O4Si2. The van der Waals surface area contributed by atoms with Crippen molar-refractivity contribution in [1.82, 2.24) is 0 Å². The molecule has 0 saturated heterocycles. The predicted molar refractivity (Wildman–Crippen MR) is 171 cm³/mol. The maximum absolute atomic E-state index is 4.61. The van der Waals surface area contributed by atoms with Crippen LogP contribution in [0.5, 0.6) is 0 Å². The van der Waals surface area contributed by atoms with Crippen LogP contribution in [0.1, 0.15) is 116 Å². The van der Waals surface area contributed by atoms with Gasteiger partial charge in [0.05, 0.1) is 0 Å². The zero-order valence-corrected chi connectivity index (χ0v) is 28.2. The average molecular weight is 541 g/mol. The first kappa shape index (κ1) is 51.4. The zero-order valence-electron chi connectivity index (χ0n) is 25.4. The van der Waals surface area contributed by atoms with Crippen LogP contribution in [0.15, 0.2) is 26.3 Å². The Morgan fingerprint density at radius 1 is 0.457 bits per heavy atom. The van der Waals surface area contributed by atoms with Crippen molar-refractivity contribution < 1.29 is 17.7 Å². The Hall–Kier alpha value is -0.246. The third kappa shape index (κ3) is 44.2. The van der Waals surface area contributed by atoms with Gasteiger partial charge in [-0.15, -0.1) is 26.3 Å². The van der Waals surface area contributed by atoms with Crippen LogP contribution in [0, 0.1) is 21.7 Å². The highest BCUT2D eigenvalue weighted by Gasteiger charge is 2.35. The topological polar surface area (TPSA) is 36.9 Å². The summed E-state index contributed by atoms with van der Waals surface area (Å²) in [6.07, 6.45) is 6.53. The molecule has 0 aromatic heterocycles. The van der Waals surface area contributed by atoms with Crippen LogP contribution < -0.4 is 0 Å². The van der Waals surface area contributed by atoms with E-state index >= 15 is 0 Å². The fourth-order valence-corrected chi connectivity index (χ4v) is 4.97. The first-order chi connectivity index (χ1) is 15.1. The quantitative estimate of drug-likeness (QED) is 0.184. The molecule has 0 radical (unpaired) electrons. The summed E-state index contributed by atoms with van der Waals surface area (Å²) in [4.78, 5) is 0. The van der Waals surface area contributed by atoms with Crippen molar-refractivity contribution in [1.29, 1.82) is 0 Å². The van der Waals surface area contributed by atoms with E-state index in [1.54, 1.807) is 28.4 Å². The van der Waals surface area contributed by atoms with E-state index in [0.29, 0.717) is 21.7 Å². The highest BCUT2D eigenvalue weighted by atomic mass is 28.3. The summed E-state index contributed by atoms with van der Waals surface area (Å²) < 4.78 is 18.4. The van der Waals surface area contributed by atoms with Crippen molar-refractivity contribution in [2.45, 2.75) is 116 Å². The largest absolute Gasteiger partial charge is 0.402 e. The fraction of sp³-hybridized carbons (Fsp3) is 0.862. The minimum atomic E-state index is -0.568. The second-order valence-electron chi connectivity index (χ2n) is 11.3. The molecule has 0 aliphatic heterocycles. The maximum atomic E-state index is 4.61. The van der Waals surface area contributed by atoms with Gasteiger partial charge in [0, 0.05) is 28.4 Å².